The summed E-state index contributed by atoms with van der Waals surface area (Å²) in [5, 5.41) is 3.62. The first-order valence-corrected chi connectivity index (χ1v) is 13.0. The zero-order valence-electron chi connectivity index (χ0n) is 19.8. The Morgan fingerprint density at radius 1 is 1.03 bits per heavy atom. The molecule has 182 valence electrons. The fourth-order valence-corrected chi connectivity index (χ4v) is 5.31. The van der Waals surface area contributed by atoms with Crippen LogP contribution in [0.4, 0.5) is 10.5 Å². The molecule has 0 fully saturated rings. The Morgan fingerprint density at radius 2 is 1.89 bits per heavy atom. The van der Waals surface area contributed by atoms with Crippen LogP contribution in [0.25, 0.3) is 11.0 Å². The maximum Gasteiger partial charge on any atom is 0.411 e. The van der Waals surface area contributed by atoms with Crippen molar-refractivity contribution < 1.29 is 19.0 Å². The average molecular weight is 510 g/mol. The summed E-state index contributed by atoms with van der Waals surface area (Å²) in [7, 11) is 3.11. The second-order valence-electron chi connectivity index (χ2n) is 7.56. The topological polar surface area (TPSA) is 85.5 Å². The normalized spacial score (nSPS) is 10.8. The molecule has 0 aliphatic heterocycles. The molecule has 0 radical (unpaired) electrons. The molecular weight excluding hydrogens is 482 g/mol. The quantitative estimate of drug-likeness (QED) is 0.186. The largest absolute Gasteiger partial charge is 0.497 e. The number of para-hydroxylation sites is 2. The van der Waals surface area contributed by atoms with Crippen molar-refractivity contribution in [1.82, 2.24) is 9.97 Å². The highest BCUT2D eigenvalue weighted by Gasteiger charge is 2.11. The molecule has 35 heavy (non-hydrogen) atoms. The van der Waals surface area contributed by atoms with Crippen molar-refractivity contribution in [3.8, 4) is 11.5 Å². The van der Waals surface area contributed by atoms with Gasteiger partial charge in [-0.25, -0.2) is 9.78 Å². The number of rotatable bonds is 10. The van der Waals surface area contributed by atoms with Crippen molar-refractivity contribution in [3.05, 3.63) is 71.8 Å². The van der Waals surface area contributed by atoms with E-state index in [2.05, 4.69) is 40.4 Å². The molecule has 7 nitrogen and oxygen atoms in total. The minimum absolute atomic E-state index is 0.284. The smallest absolute Gasteiger partial charge is 0.411 e. The molecule has 3 aromatic carbocycles. The van der Waals surface area contributed by atoms with E-state index in [1.165, 1.54) is 23.1 Å². The Morgan fingerprint density at radius 3 is 2.69 bits per heavy atom. The van der Waals surface area contributed by atoms with Gasteiger partial charge in [-0.2, -0.15) is 0 Å². The summed E-state index contributed by atoms with van der Waals surface area (Å²) < 4.78 is 15.8. The predicted octanol–water partition coefficient (Wildman–Crippen LogP) is 6.52. The highest BCUT2D eigenvalue weighted by Crippen LogP contribution is 2.30. The van der Waals surface area contributed by atoms with E-state index in [1.54, 1.807) is 48.8 Å². The highest BCUT2D eigenvalue weighted by atomic mass is 32.2. The van der Waals surface area contributed by atoms with Gasteiger partial charge in [-0.1, -0.05) is 36.0 Å². The van der Waals surface area contributed by atoms with E-state index in [0.717, 1.165) is 21.9 Å². The van der Waals surface area contributed by atoms with Gasteiger partial charge in [0, 0.05) is 22.5 Å². The van der Waals surface area contributed by atoms with E-state index in [-0.39, 0.29) is 6.61 Å². The van der Waals surface area contributed by atoms with Crippen LogP contribution in [-0.4, -0.2) is 42.6 Å². The van der Waals surface area contributed by atoms with Crippen LogP contribution in [0.5, 0.6) is 11.5 Å². The number of carbonyl (C=O) groups is 1. The van der Waals surface area contributed by atoms with Gasteiger partial charge in [0.25, 0.3) is 0 Å². The fraction of sp³-hybridized carbons (Fsp3) is 0.231. The SMILES string of the molecule is COc1ccc(NC(=O)OCCSc2cccc(CSc3nc4ccccc4[nH]3)c2C)c(OC)c1. The lowest BCUT2D eigenvalue weighted by Crippen LogP contribution is -2.15. The van der Waals surface area contributed by atoms with E-state index in [1.807, 2.05) is 24.3 Å². The maximum absolute atomic E-state index is 12.2. The van der Waals surface area contributed by atoms with Crippen LogP contribution in [0.3, 0.4) is 0 Å². The van der Waals surface area contributed by atoms with Crippen LogP contribution in [0.15, 0.2) is 70.7 Å². The molecule has 1 amide bonds. The maximum atomic E-state index is 12.2. The lowest BCUT2D eigenvalue weighted by atomic mass is 10.1. The number of hydrogen-bond donors (Lipinski definition) is 2. The third-order valence-corrected chi connectivity index (χ3v) is 7.39. The molecule has 9 heteroatoms. The van der Waals surface area contributed by atoms with Gasteiger partial charge in [-0.05, 0) is 48.4 Å². The molecule has 0 atom stereocenters. The Balaban J connectivity index is 1.26. The number of anilines is 1. The number of hydrogen-bond acceptors (Lipinski definition) is 7. The van der Waals surface area contributed by atoms with Crippen molar-refractivity contribution in [2.45, 2.75) is 22.7 Å². The van der Waals surface area contributed by atoms with Gasteiger partial charge in [-0.15, -0.1) is 11.8 Å². The third kappa shape index (κ3) is 6.43. The second kappa shape index (κ2) is 11.9. The Hall–Kier alpha value is -3.30. The number of nitrogens with zero attached hydrogens (tertiary/aromatic N) is 1. The number of imidazole rings is 1. The number of carbonyl (C=O) groups excluding carboxylic acids is 1. The molecule has 1 heterocycles. The first-order chi connectivity index (χ1) is 17.1. The van der Waals surface area contributed by atoms with Crippen molar-refractivity contribution in [1.29, 1.82) is 0 Å². The number of amides is 1. The number of thioether (sulfide) groups is 2. The van der Waals surface area contributed by atoms with Crippen LogP contribution < -0.4 is 14.8 Å². The Bertz CT molecular complexity index is 1280. The summed E-state index contributed by atoms with van der Waals surface area (Å²) in [5.41, 5.74) is 5.03. The summed E-state index contributed by atoms with van der Waals surface area (Å²) >= 11 is 3.36. The third-order valence-electron chi connectivity index (χ3n) is 5.35. The summed E-state index contributed by atoms with van der Waals surface area (Å²) in [6.45, 7) is 2.41. The van der Waals surface area contributed by atoms with Crippen LogP contribution in [0.1, 0.15) is 11.1 Å². The first-order valence-electron chi connectivity index (χ1n) is 11.0. The van der Waals surface area contributed by atoms with E-state index < -0.39 is 6.09 Å². The van der Waals surface area contributed by atoms with Crippen molar-refractivity contribution in [2.24, 2.45) is 0 Å². The zero-order chi connectivity index (χ0) is 24.6. The number of nitrogens with one attached hydrogen (secondary N) is 2. The van der Waals surface area contributed by atoms with Gasteiger partial charge in [0.2, 0.25) is 0 Å². The van der Waals surface area contributed by atoms with Crippen LogP contribution in [0.2, 0.25) is 0 Å². The number of H-pyrrole nitrogens is 1. The van der Waals surface area contributed by atoms with Gasteiger partial charge in [0.05, 0.1) is 30.9 Å². The monoisotopic (exact) mass is 509 g/mol. The van der Waals surface area contributed by atoms with Crippen molar-refractivity contribution in [2.75, 3.05) is 31.9 Å². The molecule has 2 N–H and O–H groups in total. The summed E-state index contributed by atoms with van der Waals surface area (Å²) in [6.07, 6.45) is -0.526. The lowest BCUT2D eigenvalue weighted by Gasteiger charge is -2.12. The molecule has 0 aliphatic carbocycles. The summed E-state index contributed by atoms with van der Waals surface area (Å²) in [5.74, 6) is 2.62. The number of aromatic amines is 1. The van der Waals surface area contributed by atoms with E-state index >= 15 is 0 Å². The van der Waals surface area contributed by atoms with Gasteiger partial charge < -0.3 is 19.2 Å². The van der Waals surface area contributed by atoms with Gasteiger partial charge >= 0.3 is 6.09 Å². The zero-order valence-corrected chi connectivity index (χ0v) is 21.4. The van der Waals surface area contributed by atoms with E-state index in [0.29, 0.717) is 22.9 Å². The summed E-state index contributed by atoms with van der Waals surface area (Å²) in [4.78, 5) is 21.4. The standard InChI is InChI=1S/C26H27N3O4S2/c1-17-18(16-35-25-27-20-8-4-5-9-21(20)28-25)7-6-10-24(17)34-14-13-33-26(30)29-22-12-11-19(31-2)15-23(22)32-3/h4-12,15H,13-14,16H2,1-3H3,(H,27,28)(H,29,30). The first kappa shape index (κ1) is 24.8. The predicted molar refractivity (Wildman–Crippen MR) is 142 cm³/mol. The van der Waals surface area contributed by atoms with Gasteiger partial charge in [0.1, 0.15) is 18.1 Å². The number of fused-ring (bicyclic) bond motifs is 1. The molecule has 1 aromatic heterocycles. The minimum Gasteiger partial charge on any atom is -0.497 e. The van der Waals surface area contributed by atoms with Crippen LogP contribution in [-0.2, 0) is 10.5 Å². The van der Waals surface area contributed by atoms with Crippen LogP contribution >= 0.6 is 23.5 Å². The molecule has 0 unspecified atom stereocenters. The Kier molecular flexibility index (Phi) is 8.44. The average Bonchev–Trinajstić information content (AvgIpc) is 3.30. The fourth-order valence-electron chi connectivity index (χ4n) is 3.45. The van der Waals surface area contributed by atoms with E-state index in [9.17, 15) is 4.79 Å². The number of methoxy groups -OCH3 is 2. The summed E-state index contributed by atoms with van der Waals surface area (Å²) in [6, 6.07) is 19.5. The molecular formula is C26H27N3O4S2. The van der Waals surface area contributed by atoms with E-state index in [4.69, 9.17) is 14.2 Å². The minimum atomic E-state index is -0.526. The number of ether oxygens (including phenoxy) is 3. The molecule has 0 spiro atoms. The molecule has 0 saturated carbocycles. The molecule has 0 aliphatic rings. The van der Waals surface area contributed by atoms with Crippen molar-refractivity contribution >= 4 is 46.3 Å². The highest BCUT2D eigenvalue weighted by molar-refractivity contribution is 7.99. The van der Waals surface area contributed by atoms with Gasteiger partial charge in [0.15, 0.2) is 5.16 Å². The second-order valence-corrected chi connectivity index (χ2v) is 9.66. The molecule has 0 bridgehead atoms. The Labute approximate surface area is 213 Å². The van der Waals surface area contributed by atoms with Crippen LogP contribution in [0, 0.1) is 6.92 Å². The van der Waals surface area contributed by atoms with Gasteiger partial charge in [-0.3, -0.25) is 5.32 Å². The molecule has 4 aromatic rings. The molecule has 0 saturated heterocycles. The molecule has 4 rings (SSSR count). The number of aromatic nitrogens is 2. The van der Waals surface area contributed by atoms with Crippen molar-refractivity contribution in [3.63, 3.8) is 0 Å². The lowest BCUT2D eigenvalue weighted by molar-refractivity contribution is 0.169. The number of benzene rings is 3.